The Morgan fingerprint density at radius 3 is 2.74 bits per heavy atom. The normalized spacial score (nSPS) is 11.9. The van der Waals surface area contributed by atoms with E-state index in [4.69, 9.17) is 17.4 Å². The molecule has 2 heterocycles. The van der Waals surface area contributed by atoms with Gasteiger partial charge < -0.3 is 10.7 Å². The van der Waals surface area contributed by atoms with E-state index in [9.17, 15) is 4.79 Å². The monoisotopic (exact) mass is 297 g/mol. The van der Waals surface area contributed by atoms with Crippen molar-refractivity contribution in [1.29, 1.82) is 0 Å². The number of halogens is 1. The number of hydrazine groups is 1. The molecule has 1 amide bonds. The van der Waals surface area contributed by atoms with Crippen LogP contribution in [0, 0.1) is 0 Å². The topological polar surface area (TPSA) is 92.9 Å². The average Bonchev–Trinajstić information content (AvgIpc) is 2.85. The van der Waals surface area contributed by atoms with Crippen molar-refractivity contribution in [3.63, 3.8) is 0 Å². The van der Waals surface area contributed by atoms with Crippen LogP contribution in [0.4, 0.5) is 5.82 Å². The van der Waals surface area contributed by atoms with E-state index in [2.05, 4.69) is 20.7 Å². The highest BCUT2D eigenvalue weighted by Gasteiger charge is 2.14. The number of hydrogen-bond acceptors (Lipinski definition) is 6. The number of carbonyl (C=O) groups excluding carboxylic acids is 1. The predicted molar refractivity (Wildman–Crippen MR) is 75.1 cm³/mol. The lowest BCUT2D eigenvalue weighted by atomic mass is 10.2. The fraction of sp³-hybridized carbons (Fsp3) is 0.182. The summed E-state index contributed by atoms with van der Waals surface area (Å²) in [6, 6.07) is 3.54. The molecule has 4 N–H and O–H groups in total. The standard InChI is InChI=1S/C11H12ClN5OS/c1-6(8-2-3-9(12)19-8)16-11(18)7-4-15-10(17-13)5-14-7/h2-6H,13H2,1H3,(H,15,17)(H,16,18). The molecule has 0 aliphatic heterocycles. The first-order chi connectivity index (χ1) is 9.10. The van der Waals surface area contributed by atoms with Crippen molar-refractivity contribution in [3.05, 3.63) is 39.4 Å². The Hall–Kier alpha value is -1.70. The summed E-state index contributed by atoms with van der Waals surface area (Å²) >= 11 is 7.28. The van der Waals surface area contributed by atoms with Crippen LogP contribution in [0.3, 0.4) is 0 Å². The Labute approximate surface area is 119 Å². The highest BCUT2D eigenvalue weighted by Crippen LogP contribution is 2.26. The third kappa shape index (κ3) is 3.40. The maximum Gasteiger partial charge on any atom is 0.271 e. The van der Waals surface area contributed by atoms with Gasteiger partial charge in [-0.3, -0.25) is 4.79 Å². The number of nitrogens with one attached hydrogen (secondary N) is 2. The maximum absolute atomic E-state index is 11.9. The summed E-state index contributed by atoms with van der Waals surface area (Å²) in [5.74, 6) is 5.27. The summed E-state index contributed by atoms with van der Waals surface area (Å²) in [5.41, 5.74) is 2.57. The van der Waals surface area contributed by atoms with Gasteiger partial charge in [-0.15, -0.1) is 11.3 Å². The average molecular weight is 298 g/mol. The fourth-order valence-electron chi connectivity index (χ4n) is 1.42. The summed E-state index contributed by atoms with van der Waals surface area (Å²) in [4.78, 5) is 20.8. The number of amides is 1. The maximum atomic E-state index is 11.9. The SMILES string of the molecule is CC(NC(=O)c1cnc(NN)cn1)c1ccc(Cl)s1. The fourth-order valence-corrected chi connectivity index (χ4v) is 2.49. The van der Waals surface area contributed by atoms with Crippen LogP contribution >= 0.6 is 22.9 Å². The van der Waals surface area contributed by atoms with Crippen LogP contribution in [0.15, 0.2) is 24.5 Å². The minimum atomic E-state index is -0.298. The summed E-state index contributed by atoms with van der Waals surface area (Å²) < 4.78 is 0.689. The van der Waals surface area contributed by atoms with E-state index in [1.165, 1.54) is 23.7 Å². The number of carbonyl (C=O) groups is 1. The molecule has 8 heteroatoms. The number of hydrogen-bond donors (Lipinski definition) is 3. The first kappa shape index (κ1) is 13.7. The molecule has 1 atom stereocenters. The molecule has 19 heavy (non-hydrogen) atoms. The second-order valence-electron chi connectivity index (χ2n) is 3.77. The van der Waals surface area contributed by atoms with Crippen molar-refractivity contribution >= 4 is 34.7 Å². The number of anilines is 1. The van der Waals surface area contributed by atoms with E-state index in [0.717, 1.165) is 4.88 Å². The predicted octanol–water partition coefficient (Wildman–Crippen LogP) is 1.97. The number of nitrogen functional groups attached to an aromatic ring is 1. The highest BCUT2D eigenvalue weighted by atomic mass is 35.5. The molecule has 0 aliphatic rings. The summed E-state index contributed by atoms with van der Waals surface area (Å²) in [5, 5.41) is 2.82. The van der Waals surface area contributed by atoms with E-state index in [-0.39, 0.29) is 17.6 Å². The molecule has 100 valence electrons. The van der Waals surface area contributed by atoms with Gasteiger partial charge >= 0.3 is 0 Å². The Kier molecular flexibility index (Phi) is 4.31. The third-order valence-electron chi connectivity index (χ3n) is 2.40. The lowest BCUT2D eigenvalue weighted by molar-refractivity contribution is 0.0935. The van der Waals surface area contributed by atoms with Crippen LogP contribution in [0.25, 0.3) is 0 Å². The second-order valence-corrected chi connectivity index (χ2v) is 5.51. The zero-order valence-corrected chi connectivity index (χ0v) is 11.6. The minimum absolute atomic E-state index is 0.140. The van der Waals surface area contributed by atoms with E-state index in [1.54, 1.807) is 6.07 Å². The highest BCUT2D eigenvalue weighted by molar-refractivity contribution is 7.16. The number of aromatic nitrogens is 2. The molecule has 0 aromatic carbocycles. The van der Waals surface area contributed by atoms with Crippen LogP contribution in [0.1, 0.15) is 28.3 Å². The molecule has 2 aromatic heterocycles. The van der Waals surface area contributed by atoms with E-state index in [0.29, 0.717) is 10.2 Å². The van der Waals surface area contributed by atoms with Gasteiger partial charge in [-0.25, -0.2) is 15.8 Å². The lowest BCUT2D eigenvalue weighted by Crippen LogP contribution is -2.27. The van der Waals surface area contributed by atoms with Crippen LogP contribution in [-0.4, -0.2) is 15.9 Å². The van der Waals surface area contributed by atoms with Gasteiger partial charge in [0.25, 0.3) is 5.91 Å². The van der Waals surface area contributed by atoms with E-state index in [1.807, 2.05) is 13.0 Å². The van der Waals surface area contributed by atoms with E-state index < -0.39 is 0 Å². The van der Waals surface area contributed by atoms with Crippen LogP contribution in [0.2, 0.25) is 4.34 Å². The van der Waals surface area contributed by atoms with Gasteiger partial charge in [-0.2, -0.15) is 0 Å². The molecule has 0 saturated heterocycles. The molecule has 0 bridgehead atoms. The van der Waals surface area contributed by atoms with Crippen LogP contribution < -0.4 is 16.6 Å². The molecule has 1 unspecified atom stereocenters. The third-order valence-corrected chi connectivity index (χ3v) is 3.81. The van der Waals surface area contributed by atoms with Crippen molar-refractivity contribution < 1.29 is 4.79 Å². The quantitative estimate of drug-likeness (QED) is 0.592. The minimum Gasteiger partial charge on any atom is -0.343 e. The first-order valence-corrected chi connectivity index (χ1v) is 6.64. The van der Waals surface area contributed by atoms with Crippen LogP contribution in [0.5, 0.6) is 0 Å². The molecular formula is C11H12ClN5OS. The zero-order chi connectivity index (χ0) is 13.8. The lowest BCUT2D eigenvalue weighted by Gasteiger charge is -2.11. The molecule has 0 radical (unpaired) electrons. The van der Waals surface area contributed by atoms with Gasteiger partial charge in [-0.05, 0) is 19.1 Å². The van der Waals surface area contributed by atoms with Crippen molar-refractivity contribution in [2.45, 2.75) is 13.0 Å². The summed E-state index contributed by atoms with van der Waals surface area (Å²) in [6.45, 7) is 1.88. The molecule has 2 rings (SSSR count). The van der Waals surface area contributed by atoms with Gasteiger partial charge in [0.2, 0.25) is 0 Å². The molecule has 0 spiro atoms. The largest absolute Gasteiger partial charge is 0.343 e. The van der Waals surface area contributed by atoms with Crippen molar-refractivity contribution in [2.75, 3.05) is 5.43 Å². The Morgan fingerprint density at radius 1 is 1.42 bits per heavy atom. The summed E-state index contributed by atoms with van der Waals surface area (Å²) in [7, 11) is 0. The van der Waals surface area contributed by atoms with Crippen molar-refractivity contribution in [1.82, 2.24) is 15.3 Å². The molecule has 0 aliphatic carbocycles. The number of rotatable bonds is 4. The Morgan fingerprint density at radius 2 is 2.21 bits per heavy atom. The van der Waals surface area contributed by atoms with Gasteiger partial charge in [0.05, 0.1) is 22.8 Å². The Bertz CT molecular complexity index is 571. The van der Waals surface area contributed by atoms with Crippen molar-refractivity contribution in [2.24, 2.45) is 5.84 Å². The molecule has 2 aromatic rings. The van der Waals surface area contributed by atoms with E-state index >= 15 is 0 Å². The number of thiophene rings is 1. The Balaban J connectivity index is 2.03. The molecule has 6 nitrogen and oxygen atoms in total. The van der Waals surface area contributed by atoms with Gasteiger partial charge in [0.1, 0.15) is 5.69 Å². The van der Waals surface area contributed by atoms with Crippen molar-refractivity contribution in [3.8, 4) is 0 Å². The number of nitrogens with zero attached hydrogens (tertiary/aromatic N) is 2. The molecule has 0 saturated carbocycles. The molecular weight excluding hydrogens is 286 g/mol. The second kappa shape index (κ2) is 5.96. The zero-order valence-electron chi connectivity index (χ0n) is 10.1. The van der Waals surface area contributed by atoms with Gasteiger partial charge in [0.15, 0.2) is 5.82 Å². The van der Waals surface area contributed by atoms with Gasteiger partial charge in [0, 0.05) is 4.88 Å². The van der Waals surface area contributed by atoms with Gasteiger partial charge in [-0.1, -0.05) is 11.6 Å². The number of nitrogens with two attached hydrogens (primary N) is 1. The summed E-state index contributed by atoms with van der Waals surface area (Å²) in [6.07, 6.45) is 2.75. The first-order valence-electron chi connectivity index (χ1n) is 5.45. The van der Waals surface area contributed by atoms with Crippen LogP contribution in [-0.2, 0) is 0 Å². The smallest absolute Gasteiger partial charge is 0.271 e. The molecule has 0 fully saturated rings.